The molecule has 0 unspecified atom stereocenters. The molecule has 7 heteroatoms. The van der Waals surface area contributed by atoms with Crippen molar-refractivity contribution in [3.8, 4) is 5.75 Å². The van der Waals surface area contributed by atoms with Crippen LogP contribution in [0.5, 0.6) is 5.75 Å². The summed E-state index contributed by atoms with van der Waals surface area (Å²) < 4.78 is 5.35. The van der Waals surface area contributed by atoms with Gasteiger partial charge in [0.15, 0.2) is 6.61 Å². The van der Waals surface area contributed by atoms with E-state index in [-0.39, 0.29) is 12.5 Å². The van der Waals surface area contributed by atoms with Crippen molar-refractivity contribution in [2.24, 2.45) is 5.73 Å². The van der Waals surface area contributed by atoms with Crippen molar-refractivity contribution in [3.63, 3.8) is 0 Å². The number of nitrogens with one attached hydrogen (secondary N) is 1. The number of thioether (sulfide) groups is 1. The summed E-state index contributed by atoms with van der Waals surface area (Å²) in [5.41, 5.74) is 5.53. The second-order valence-electron chi connectivity index (χ2n) is 4.83. The molecule has 2 rings (SSSR count). The number of amides is 2. The summed E-state index contributed by atoms with van der Waals surface area (Å²) in [4.78, 5) is 23.9. The van der Waals surface area contributed by atoms with E-state index in [9.17, 15) is 9.59 Å². The fraction of sp³-hybridized carbons (Fsp3) is 0.176. The highest BCUT2D eigenvalue weighted by atomic mass is 35.5. The minimum atomic E-state index is -0.538. The molecule has 0 aliphatic carbocycles. The van der Waals surface area contributed by atoms with Gasteiger partial charge in [0.1, 0.15) is 5.75 Å². The van der Waals surface area contributed by atoms with E-state index < -0.39 is 5.91 Å². The first kappa shape index (κ1) is 18.2. The quantitative estimate of drug-likeness (QED) is 0.557. The number of hydrogen-bond acceptors (Lipinski definition) is 4. The summed E-state index contributed by atoms with van der Waals surface area (Å²) in [7, 11) is 0. The number of hydrogen-bond donors (Lipinski definition) is 2. The smallest absolute Gasteiger partial charge is 0.257 e. The minimum absolute atomic E-state index is 0.117. The topological polar surface area (TPSA) is 81.4 Å². The molecule has 2 aromatic carbocycles. The largest absolute Gasteiger partial charge is 0.484 e. The minimum Gasteiger partial charge on any atom is -0.484 e. The second kappa shape index (κ2) is 9.20. The van der Waals surface area contributed by atoms with Crippen LogP contribution >= 0.6 is 23.4 Å². The summed E-state index contributed by atoms with van der Waals surface area (Å²) in [5, 5.41) is 3.47. The van der Waals surface area contributed by atoms with Gasteiger partial charge in [-0.05, 0) is 42.5 Å². The third-order valence-corrected chi connectivity index (χ3v) is 4.26. The van der Waals surface area contributed by atoms with Crippen LogP contribution in [0.15, 0.2) is 53.4 Å². The molecule has 0 radical (unpaired) electrons. The SMILES string of the molecule is NC(=O)c1cccc(OCC(=O)NCCSc2ccc(Cl)cc2)c1. The first-order valence-electron chi connectivity index (χ1n) is 7.22. The summed E-state index contributed by atoms with van der Waals surface area (Å²) in [6.07, 6.45) is 0. The lowest BCUT2D eigenvalue weighted by Gasteiger charge is -2.08. The van der Waals surface area contributed by atoms with Gasteiger partial charge in [-0.15, -0.1) is 11.8 Å². The van der Waals surface area contributed by atoms with E-state index in [2.05, 4.69) is 5.32 Å². The third-order valence-electron chi connectivity index (χ3n) is 3.00. The van der Waals surface area contributed by atoms with Crippen LogP contribution in [-0.2, 0) is 4.79 Å². The molecule has 0 saturated heterocycles. The van der Waals surface area contributed by atoms with Crippen LogP contribution in [0.4, 0.5) is 0 Å². The summed E-state index contributed by atoms with van der Waals surface area (Å²) in [6.45, 7) is 0.407. The van der Waals surface area contributed by atoms with Gasteiger partial charge in [0.25, 0.3) is 5.91 Å². The lowest BCUT2D eigenvalue weighted by Crippen LogP contribution is -2.30. The van der Waals surface area contributed by atoms with Gasteiger partial charge in [-0.1, -0.05) is 17.7 Å². The van der Waals surface area contributed by atoms with Gasteiger partial charge in [-0.25, -0.2) is 0 Å². The molecule has 0 aliphatic heterocycles. The van der Waals surface area contributed by atoms with Crippen molar-refractivity contribution in [2.45, 2.75) is 4.90 Å². The molecule has 0 heterocycles. The molecule has 5 nitrogen and oxygen atoms in total. The average molecular weight is 365 g/mol. The Hall–Kier alpha value is -2.18. The zero-order valence-electron chi connectivity index (χ0n) is 12.8. The zero-order chi connectivity index (χ0) is 17.4. The Morgan fingerprint density at radius 2 is 1.92 bits per heavy atom. The number of halogens is 1. The van der Waals surface area contributed by atoms with Crippen molar-refractivity contribution < 1.29 is 14.3 Å². The van der Waals surface area contributed by atoms with Crippen molar-refractivity contribution in [3.05, 3.63) is 59.1 Å². The van der Waals surface area contributed by atoms with E-state index in [1.807, 2.05) is 24.3 Å². The predicted octanol–water partition coefficient (Wildman–Crippen LogP) is 2.73. The number of carbonyl (C=O) groups is 2. The van der Waals surface area contributed by atoms with Gasteiger partial charge in [-0.3, -0.25) is 9.59 Å². The van der Waals surface area contributed by atoms with Crippen LogP contribution in [-0.4, -0.2) is 30.7 Å². The Labute approximate surface area is 149 Å². The fourth-order valence-corrected chi connectivity index (χ4v) is 2.72. The number of benzene rings is 2. The molecule has 3 N–H and O–H groups in total. The van der Waals surface area contributed by atoms with Crippen molar-refractivity contribution in [1.29, 1.82) is 0 Å². The number of rotatable bonds is 8. The van der Waals surface area contributed by atoms with Crippen LogP contribution in [0, 0.1) is 0 Å². The molecule has 0 aliphatic rings. The van der Waals surface area contributed by atoms with Crippen LogP contribution in [0.3, 0.4) is 0 Å². The highest BCUT2D eigenvalue weighted by Crippen LogP contribution is 2.19. The van der Waals surface area contributed by atoms with Crippen LogP contribution < -0.4 is 15.8 Å². The molecule has 0 saturated carbocycles. The van der Waals surface area contributed by atoms with Crippen LogP contribution in [0.25, 0.3) is 0 Å². The van der Waals surface area contributed by atoms with Gasteiger partial charge in [0, 0.05) is 27.8 Å². The number of carbonyl (C=O) groups excluding carboxylic acids is 2. The van der Waals surface area contributed by atoms with E-state index in [1.165, 1.54) is 6.07 Å². The maximum Gasteiger partial charge on any atom is 0.257 e. The predicted molar refractivity (Wildman–Crippen MR) is 95.6 cm³/mol. The zero-order valence-corrected chi connectivity index (χ0v) is 14.4. The Morgan fingerprint density at radius 3 is 2.62 bits per heavy atom. The molecule has 0 fully saturated rings. The van der Waals surface area contributed by atoms with Crippen LogP contribution in [0.2, 0.25) is 5.02 Å². The van der Waals surface area contributed by atoms with Gasteiger partial charge in [-0.2, -0.15) is 0 Å². The van der Waals surface area contributed by atoms with Gasteiger partial charge in [0.05, 0.1) is 0 Å². The highest BCUT2D eigenvalue weighted by molar-refractivity contribution is 7.99. The molecule has 0 spiro atoms. The fourth-order valence-electron chi connectivity index (χ4n) is 1.83. The third kappa shape index (κ3) is 6.14. The summed E-state index contributed by atoms with van der Waals surface area (Å²) >= 11 is 7.45. The first-order valence-corrected chi connectivity index (χ1v) is 8.58. The molecule has 0 atom stereocenters. The average Bonchev–Trinajstić information content (AvgIpc) is 2.58. The van der Waals surface area contributed by atoms with E-state index in [0.29, 0.717) is 22.9 Å². The molecule has 0 bridgehead atoms. The molecule has 24 heavy (non-hydrogen) atoms. The van der Waals surface area contributed by atoms with Gasteiger partial charge >= 0.3 is 0 Å². The standard InChI is InChI=1S/C17H17ClN2O3S/c18-13-4-6-15(7-5-13)24-9-8-20-16(21)11-23-14-3-1-2-12(10-14)17(19)22/h1-7,10H,8-9,11H2,(H2,19,22)(H,20,21). The number of primary amides is 1. The number of nitrogens with two attached hydrogens (primary N) is 1. The normalized spacial score (nSPS) is 10.2. The van der Waals surface area contributed by atoms with Crippen molar-refractivity contribution >= 4 is 35.2 Å². The van der Waals surface area contributed by atoms with Crippen molar-refractivity contribution in [1.82, 2.24) is 5.32 Å². The van der Waals surface area contributed by atoms with E-state index >= 15 is 0 Å². The highest BCUT2D eigenvalue weighted by Gasteiger charge is 2.05. The van der Waals surface area contributed by atoms with E-state index in [0.717, 1.165) is 10.6 Å². The van der Waals surface area contributed by atoms with Crippen LogP contribution in [0.1, 0.15) is 10.4 Å². The monoisotopic (exact) mass is 364 g/mol. The Morgan fingerprint density at radius 1 is 1.17 bits per heavy atom. The number of ether oxygens (including phenoxy) is 1. The molecule has 2 amide bonds. The first-order chi connectivity index (χ1) is 11.5. The lowest BCUT2D eigenvalue weighted by atomic mass is 10.2. The lowest BCUT2D eigenvalue weighted by molar-refractivity contribution is -0.122. The van der Waals surface area contributed by atoms with Crippen molar-refractivity contribution in [2.75, 3.05) is 18.9 Å². The molecule has 126 valence electrons. The molecular weight excluding hydrogens is 348 g/mol. The molecule has 2 aromatic rings. The Bertz CT molecular complexity index is 707. The second-order valence-corrected chi connectivity index (χ2v) is 6.44. The maximum atomic E-state index is 11.7. The molecular formula is C17H17ClN2O3S. The Balaban J connectivity index is 1.67. The van der Waals surface area contributed by atoms with E-state index in [4.69, 9.17) is 22.1 Å². The Kier molecular flexibility index (Phi) is 6.96. The van der Waals surface area contributed by atoms with E-state index in [1.54, 1.807) is 30.0 Å². The van der Waals surface area contributed by atoms with Gasteiger partial charge in [0.2, 0.25) is 5.91 Å². The summed E-state index contributed by atoms with van der Waals surface area (Å²) in [6, 6.07) is 13.9. The van der Waals surface area contributed by atoms with Gasteiger partial charge < -0.3 is 15.8 Å². The molecule has 0 aromatic heterocycles. The summed E-state index contributed by atoms with van der Waals surface area (Å²) in [5.74, 6) is 0.405. The maximum absolute atomic E-state index is 11.7.